The van der Waals surface area contributed by atoms with Crippen LogP contribution in [0.3, 0.4) is 0 Å². The van der Waals surface area contributed by atoms with Gasteiger partial charge in [0.25, 0.3) is 5.91 Å². The van der Waals surface area contributed by atoms with Crippen LogP contribution in [0.5, 0.6) is 11.5 Å². The van der Waals surface area contributed by atoms with Gasteiger partial charge >= 0.3 is 0 Å². The van der Waals surface area contributed by atoms with Crippen LogP contribution in [-0.2, 0) is 0 Å². The summed E-state index contributed by atoms with van der Waals surface area (Å²) in [5, 5.41) is 3.10. The molecule has 4 rings (SSSR count). The number of amides is 1. The van der Waals surface area contributed by atoms with Crippen molar-refractivity contribution in [3.63, 3.8) is 0 Å². The normalized spacial score (nSPS) is 16.6. The Labute approximate surface area is 173 Å². The van der Waals surface area contributed by atoms with Crippen LogP contribution in [0.2, 0.25) is 0 Å². The van der Waals surface area contributed by atoms with Crippen molar-refractivity contribution >= 4 is 34.2 Å². The van der Waals surface area contributed by atoms with Crippen LogP contribution in [0.15, 0.2) is 46.9 Å². The third-order valence-corrected chi connectivity index (χ3v) is 5.63. The van der Waals surface area contributed by atoms with Gasteiger partial charge in [0.15, 0.2) is 11.5 Å². The monoisotopic (exact) mass is 452 g/mol. The number of carbonyl (C=O) groups is 1. The highest BCUT2D eigenvalue weighted by atomic mass is 79.9. The topological polar surface area (TPSA) is 50.8 Å². The molecule has 0 spiro atoms. The minimum Gasteiger partial charge on any atom is -0.454 e. The SMILES string of the molecule is Cl.O=C(NCC(c1ccc2c(c1)OCO2)N1CCCC1)c1ccccc1Br. The first-order valence-corrected chi connectivity index (χ1v) is 9.68. The van der Waals surface area contributed by atoms with Crippen LogP contribution < -0.4 is 14.8 Å². The molecule has 1 fully saturated rings. The second-order valence-electron chi connectivity index (χ2n) is 6.56. The van der Waals surface area contributed by atoms with E-state index in [4.69, 9.17) is 9.47 Å². The van der Waals surface area contributed by atoms with E-state index >= 15 is 0 Å². The Morgan fingerprint density at radius 1 is 1.11 bits per heavy atom. The minimum absolute atomic E-state index is 0. The summed E-state index contributed by atoms with van der Waals surface area (Å²) in [5.74, 6) is 1.50. The molecule has 5 nitrogen and oxygen atoms in total. The van der Waals surface area contributed by atoms with Crippen LogP contribution in [0.25, 0.3) is 0 Å². The lowest BCUT2D eigenvalue weighted by Crippen LogP contribution is -2.36. The van der Waals surface area contributed by atoms with E-state index in [1.165, 1.54) is 12.8 Å². The minimum atomic E-state index is -0.0672. The molecule has 0 radical (unpaired) electrons. The quantitative estimate of drug-likeness (QED) is 0.738. The van der Waals surface area contributed by atoms with Gasteiger partial charge in [-0.25, -0.2) is 0 Å². The summed E-state index contributed by atoms with van der Waals surface area (Å²) in [6.45, 7) is 2.92. The second kappa shape index (κ2) is 8.95. The van der Waals surface area contributed by atoms with Crippen LogP contribution in [0, 0.1) is 0 Å². The zero-order valence-corrected chi connectivity index (χ0v) is 17.2. The Kier molecular flexibility index (Phi) is 6.63. The van der Waals surface area contributed by atoms with Crippen LogP contribution in [0.4, 0.5) is 0 Å². The van der Waals surface area contributed by atoms with Gasteiger partial charge in [0.2, 0.25) is 6.79 Å². The summed E-state index contributed by atoms with van der Waals surface area (Å²) >= 11 is 3.45. The Balaban J connectivity index is 0.00000210. The fourth-order valence-corrected chi connectivity index (χ4v) is 4.03. The number of benzene rings is 2. The third kappa shape index (κ3) is 4.39. The Morgan fingerprint density at radius 2 is 1.85 bits per heavy atom. The number of likely N-dealkylation sites (tertiary alicyclic amines) is 1. The number of nitrogens with one attached hydrogen (secondary N) is 1. The lowest BCUT2D eigenvalue weighted by Gasteiger charge is -2.28. The number of hydrogen-bond donors (Lipinski definition) is 1. The molecule has 1 saturated heterocycles. The van der Waals surface area contributed by atoms with E-state index in [-0.39, 0.29) is 31.1 Å². The van der Waals surface area contributed by atoms with Gasteiger partial charge in [-0.1, -0.05) is 18.2 Å². The van der Waals surface area contributed by atoms with Crippen molar-refractivity contribution in [3.05, 3.63) is 58.1 Å². The Hall–Kier alpha value is -1.76. The van der Waals surface area contributed by atoms with Gasteiger partial charge in [-0.05, 0) is 71.7 Å². The molecule has 2 heterocycles. The molecular weight excluding hydrogens is 432 g/mol. The lowest BCUT2D eigenvalue weighted by atomic mass is 10.0. The molecule has 7 heteroatoms. The van der Waals surface area contributed by atoms with Gasteiger partial charge in [-0.15, -0.1) is 12.4 Å². The van der Waals surface area contributed by atoms with E-state index in [0.717, 1.165) is 34.6 Å². The summed E-state index contributed by atoms with van der Waals surface area (Å²) < 4.78 is 11.7. The molecule has 0 aliphatic carbocycles. The smallest absolute Gasteiger partial charge is 0.252 e. The summed E-state index contributed by atoms with van der Waals surface area (Å²) in [6.07, 6.45) is 2.39. The Morgan fingerprint density at radius 3 is 2.63 bits per heavy atom. The molecule has 0 bridgehead atoms. The first kappa shape index (κ1) is 20.0. The molecule has 2 aliphatic heterocycles. The Bertz CT molecular complexity index is 812. The molecular formula is C20H22BrClN2O3. The largest absolute Gasteiger partial charge is 0.454 e. The van der Waals surface area contributed by atoms with Gasteiger partial charge in [-0.2, -0.15) is 0 Å². The number of halogens is 2. The van der Waals surface area contributed by atoms with Crippen molar-refractivity contribution in [2.45, 2.75) is 18.9 Å². The van der Waals surface area contributed by atoms with Crippen molar-refractivity contribution in [2.24, 2.45) is 0 Å². The van der Waals surface area contributed by atoms with E-state index in [1.807, 2.05) is 36.4 Å². The van der Waals surface area contributed by atoms with Crippen molar-refractivity contribution in [1.82, 2.24) is 10.2 Å². The van der Waals surface area contributed by atoms with Gasteiger partial charge in [0.05, 0.1) is 11.6 Å². The third-order valence-electron chi connectivity index (χ3n) is 4.94. The van der Waals surface area contributed by atoms with E-state index in [0.29, 0.717) is 12.1 Å². The zero-order valence-electron chi connectivity index (χ0n) is 14.8. The standard InChI is InChI=1S/C20H21BrN2O3.ClH/c21-16-6-2-1-5-15(16)20(24)22-12-17(23-9-3-4-10-23)14-7-8-18-19(11-14)26-13-25-18;/h1-2,5-8,11,17H,3-4,9-10,12-13H2,(H,22,24);1H. The predicted octanol–water partition coefficient (Wildman–Crippen LogP) is 4.17. The van der Waals surface area contributed by atoms with Gasteiger partial charge in [0, 0.05) is 11.0 Å². The molecule has 0 saturated carbocycles. The second-order valence-corrected chi connectivity index (χ2v) is 7.42. The summed E-state index contributed by atoms with van der Waals surface area (Å²) in [7, 11) is 0. The molecule has 2 aromatic rings. The number of nitrogens with zero attached hydrogens (tertiary/aromatic N) is 1. The van der Waals surface area contributed by atoms with Gasteiger partial charge < -0.3 is 14.8 Å². The van der Waals surface area contributed by atoms with Crippen molar-refractivity contribution < 1.29 is 14.3 Å². The van der Waals surface area contributed by atoms with E-state index in [2.05, 4.69) is 32.2 Å². The first-order valence-electron chi connectivity index (χ1n) is 8.89. The van der Waals surface area contributed by atoms with Gasteiger partial charge in [-0.3, -0.25) is 9.69 Å². The first-order chi connectivity index (χ1) is 12.7. The zero-order chi connectivity index (χ0) is 17.9. The lowest BCUT2D eigenvalue weighted by molar-refractivity contribution is 0.0937. The molecule has 144 valence electrons. The average molecular weight is 454 g/mol. The summed E-state index contributed by atoms with van der Waals surface area (Å²) in [4.78, 5) is 15.0. The highest BCUT2D eigenvalue weighted by Gasteiger charge is 2.26. The molecule has 1 N–H and O–H groups in total. The molecule has 0 aromatic heterocycles. The number of carbonyl (C=O) groups excluding carboxylic acids is 1. The molecule has 1 unspecified atom stereocenters. The molecule has 1 atom stereocenters. The molecule has 27 heavy (non-hydrogen) atoms. The summed E-state index contributed by atoms with van der Waals surface area (Å²) in [6, 6.07) is 13.7. The maximum absolute atomic E-state index is 12.6. The van der Waals surface area contributed by atoms with E-state index in [1.54, 1.807) is 0 Å². The highest BCUT2D eigenvalue weighted by molar-refractivity contribution is 9.10. The van der Waals surface area contributed by atoms with Crippen molar-refractivity contribution in [1.29, 1.82) is 0 Å². The van der Waals surface area contributed by atoms with Crippen LogP contribution in [-0.4, -0.2) is 37.2 Å². The molecule has 1 amide bonds. The maximum atomic E-state index is 12.6. The van der Waals surface area contributed by atoms with E-state index < -0.39 is 0 Å². The number of ether oxygens (including phenoxy) is 2. The highest BCUT2D eigenvalue weighted by Crippen LogP contribution is 2.36. The predicted molar refractivity (Wildman–Crippen MR) is 110 cm³/mol. The van der Waals surface area contributed by atoms with Crippen LogP contribution >= 0.6 is 28.3 Å². The van der Waals surface area contributed by atoms with Crippen LogP contribution in [0.1, 0.15) is 34.8 Å². The molecule has 2 aliphatic rings. The fraction of sp³-hybridized carbons (Fsp3) is 0.350. The average Bonchev–Trinajstić information content (AvgIpc) is 3.33. The van der Waals surface area contributed by atoms with Crippen molar-refractivity contribution in [2.75, 3.05) is 26.4 Å². The number of rotatable bonds is 5. The number of hydrogen-bond acceptors (Lipinski definition) is 4. The maximum Gasteiger partial charge on any atom is 0.252 e. The fourth-order valence-electron chi connectivity index (χ4n) is 3.56. The van der Waals surface area contributed by atoms with Crippen molar-refractivity contribution in [3.8, 4) is 11.5 Å². The molecule has 2 aromatic carbocycles. The number of fused-ring (bicyclic) bond motifs is 1. The summed E-state index contributed by atoms with van der Waals surface area (Å²) in [5.41, 5.74) is 1.79. The van der Waals surface area contributed by atoms with Gasteiger partial charge in [0.1, 0.15) is 0 Å². The van der Waals surface area contributed by atoms with E-state index in [9.17, 15) is 4.79 Å².